The molecule has 0 aliphatic carbocycles. The van der Waals surface area contributed by atoms with Crippen LogP contribution in [0.25, 0.3) is 0 Å². The topological polar surface area (TPSA) is 95.9 Å². The van der Waals surface area contributed by atoms with Crippen molar-refractivity contribution in [2.75, 3.05) is 11.9 Å². The average molecular weight is 295 g/mol. The highest BCUT2D eigenvalue weighted by Gasteiger charge is 2.17. The molecule has 6 heteroatoms. The maximum Gasteiger partial charge on any atom is 0.412 e. The second kappa shape index (κ2) is 7.08. The molecule has 3 N–H and O–H groups in total. The minimum absolute atomic E-state index is 0.0250. The average Bonchev–Trinajstić information content (AvgIpc) is 2.33. The smallest absolute Gasteiger partial charge is 0.412 e. The summed E-state index contributed by atoms with van der Waals surface area (Å²) in [5, 5.41) is 20.5. The van der Waals surface area contributed by atoms with E-state index < -0.39 is 17.7 Å². The van der Waals surface area contributed by atoms with Gasteiger partial charge in [0.25, 0.3) is 0 Å². The molecule has 0 saturated carbocycles. The first-order chi connectivity index (χ1) is 9.73. The van der Waals surface area contributed by atoms with E-state index in [9.17, 15) is 9.59 Å². The number of amides is 1. The number of benzene rings is 1. The van der Waals surface area contributed by atoms with Crippen LogP contribution in [0.15, 0.2) is 18.2 Å². The summed E-state index contributed by atoms with van der Waals surface area (Å²) in [7, 11) is 0. The molecule has 0 aliphatic heterocycles. The standard InChI is InChI=1S/C15H21NO5/c1-15(2,3)21-14(20)16-11-6-7-12(13(18)19)10(9-11)5-4-8-17/h6-7,9,17H,4-5,8H2,1-3H3,(H,16,20)(H,18,19). The van der Waals surface area contributed by atoms with Crippen molar-refractivity contribution >= 4 is 17.7 Å². The van der Waals surface area contributed by atoms with E-state index in [-0.39, 0.29) is 12.2 Å². The summed E-state index contributed by atoms with van der Waals surface area (Å²) in [4.78, 5) is 22.8. The van der Waals surface area contributed by atoms with Gasteiger partial charge in [-0.25, -0.2) is 9.59 Å². The van der Waals surface area contributed by atoms with E-state index in [0.717, 1.165) is 0 Å². The highest BCUT2D eigenvalue weighted by molar-refractivity contribution is 5.91. The SMILES string of the molecule is CC(C)(C)OC(=O)Nc1ccc(C(=O)O)c(CCCO)c1. The molecule has 1 amide bonds. The largest absolute Gasteiger partial charge is 0.478 e. The van der Waals surface area contributed by atoms with Gasteiger partial charge in [0, 0.05) is 12.3 Å². The summed E-state index contributed by atoms with van der Waals surface area (Å²) in [6.07, 6.45) is 0.275. The Labute approximate surface area is 123 Å². The van der Waals surface area contributed by atoms with Gasteiger partial charge in [-0.3, -0.25) is 5.32 Å². The first-order valence-corrected chi connectivity index (χ1v) is 6.70. The summed E-state index contributed by atoms with van der Waals surface area (Å²) in [6.45, 7) is 5.25. The Hall–Kier alpha value is -2.08. The van der Waals surface area contributed by atoms with Crippen molar-refractivity contribution in [1.82, 2.24) is 0 Å². The van der Waals surface area contributed by atoms with Crippen molar-refractivity contribution in [2.45, 2.75) is 39.2 Å². The molecule has 0 spiro atoms. The van der Waals surface area contributed by atoms with Crippen molar-refractivity contribution < 1.29 is 24.5 Å². The van der Waals surface area contributed by atoms with Crippen LogP contribution in [0.4, 0.5) is 10.5 Å². The zero-order valence-electron chi connectivity index (χ0n) is 12.5. The lowest BCUT2D eigenvalue weighted by Crippen LogP contribution is -2.27. The van der Waals surface area contributed by atoms with E-state index >= 15 is 0 Å². The number of hydrogen-bond acceptors (Lipinski definition) is 4. The molecule has 0 radical (unpaired) electrons. The number of aliphatic hydroxyl groups is 1. The summed E-state index contributed by atoms with van der Waals surface area (Å²) in [5.41, 5.74) is 0.579. The van der Waals surface area contributed by atoms with E-state index in [1.165, 1.54) is 12.1 Å². The molecular formula is C15H21NO5. The van der Waals surface area contributed by atoms with E-state index in [0.29, 0.717) is 24.1 Å². The van der Waals surface area contributed by atoms with Crippen LogP contribution in [0.2, 0.25) is 0 Å². The molecule has 1 rings (SSSR count). The molecule has 0 atom stereocenters. The molecule has 6 nitrogen and oxygen atoms in total. The zero-order valence-corrected chi connectivity index (χ0v) is 12.5. The van der Waals surface area contributed by atoms with Gasteiger partial charge in [0.15, 0.2) is 0 Å². The third-order valence-corrected chi connectivity index (χ3v) is 2.59. The Balaban J connectivity index is 2.89. The molecule has 1 aromatic rings. The van der Waals surface area contributed by atoms with Gasteiger partial charge in [-0.15, -0.1) is 0 Å². The highest BCUT2D eigenvalue weighted by Crippen LogP contribution is 2.19. The lowest BCUT2D eigenvalue weighted by molar-refractivity contribution is 0.0634. The number of nitrogens with one attached hydrogen (secondary N) is 1. The number of hydrogen-bond donors (Lipinski definition) is 3. The van der Waals surface area contributed by atoms with Crippen LogP contribution >= 0.6 is 0 Å². The van der Waals surface area contributed by atoms with Crippen molar-refractivity contribution in [3.63, 3.8) is 0 Å². The number of aliphatic hydroxyl groups excluding tert-OH is 1. The Kier molecular flexibility index (Phi) is 5.72. The van der Waals surface area contributed by atoms with Gasteiger partial charge in [0.1, 0.15) is 5.60 Å². The molecule has 0 aliphatic rings. The van der Waals surface area contributed by atoms with Crippen LogP contribution in [0.5, 0.6) is 0 Å². The highest BCUT2D eigenvalue weighted by atomic mass is 16.6. The third-order valence-electron chi connectivity index (χ3n) is 2.59. The number of rotatable bonds is 5. The molecule has 0 fully saturated rings. The van der Waals surface area contributed by atoms with Gasteiger partial charge in [-0.2, -0.15) is 0 Å². The molecule has 0 aromatic heterocycles. The number of carbonyl (C=O) groups is 2. The van der Waals surface area contributed by atoms with Crippen LogP contribution in [0.1, 0.15) is 43.1 Å². The summed E-state index contributed by atoms with van der Waals surface area (Å²) < 4.78 is 5.13. The van der Waals surface area contributed by atoms with Crippen LogP contribution < -0.4 is 5.32 Å². The summed E-state index contributed by atoms with van der Waals surface area (Å²) in [6, 6.07) is 4.53. The number of anilines is 1. The van der Waals surface area contributed by atoms with Gasteiger partial charge in [-0.1, -0.05) is 0 Å². The maximum atomic E-state index is 11.7. The summed E-state index contributed by atoms with van der Waals surface area (Å²) >= 11 is 0. The second-order valence-electron chi connectivity index (χ2n) is 5.63. The van der Waals surface area contributed by atoms with Crippen molar-refractivity contribution in [3.8, 4) is 0 Å². The van der Waals surface area contributed by atoms with Crippen LogP contribution in [0, 0.1) is 0 Å². The second-order valence-corrected chi connectivity index (χ2v) is 5.63. The Morgan fingerprint density at radius 3 is 2.48 bits per heavy atom. The molecular weight excluding hydrogens is 274 g/mol. The van der Waals surface area contributed by atoms with Crippen LogP contribution in [0.3, 0.4) is 0 Å². The van der Waals surface area contributed by atoms with Gasteiger partial charge in [-0.05, 0) is 57.4 Å². The van der Waals surface area contributed by atoms with Crippen LogP contribution in [-0.4, -0.2) is 34.5 Å². The lowest BCUT2D eigenvalue weighted by Gasteiger charge is -2.20. The number of aromatic carboxylic acids is 1. The zero-order chi connectivity index (χ0) is 16.0. The van der Waals surface area contributed by atoms with Crippen molar-refractivity contribution in [3.05, 3.63) is 29.3 Å². The fourth-order valence-corrected chi connectivity index (χ4v) is 1.78. The van der Waals surface area contributed by atoms with E-state index in [1.54, 1.807) is 26.8 Å². The van der Waals surface area contributed by atoms with Crippen molar-refractivity contribution in [2.24, 2.45) is 0 Å². The first kappa shape index (κ1) is 17.0. The molecule has 0 bridgehead atoms. The van der Waals surface area contributed by atoms with E-state index in [1.807, 2.05) is 0 Å². The predicted octanol–water partition coefficient (Wildman–Crippen LogP) is 2.66. The van der Waals surface area contributed by atoms with Crippen molar-refractivity contribution in [1.29, 1.82) is 0 Å². The Morgan fingerprint density at radius 2 is 1.95 bits per heavy atom. The van der Waals surface area contributed by atoms with E-state index in [4.69, 9.17) is 14.9 Å². The van der Waals surface area contributed by atoms with Gasteiger partial charge in [0.2, 0.25) is 0 Å². The molecule has 0 saturated heterocycles. The summed E-state index contributed by atoms with van der Waals surface area (Å²) in [5.74, 6) is -1.04. The van der Waals surface area contributed by atoms with Gasteiger partial charge in [0.05, 0.1) is 5.56 Å². The third kappa shape index (κ3) is 5.83. The number of carbonyl (C=O) groups excluding carboxylic acids is 1. The molecule has 1 aromatic carbocycles. The molecule has 116 valence electrons. The number of ether oxygens (including phenoxy) is 1. The Morgan fingerprint density at radius 1 is 1.29 bits per heavy atom. The molecule has 0 heterocycles. The number of carboxylic acids is 1. The minimum atomic E-state index is -1.04. The van der Waals surface area contributed by atoms with Gasteiger partial charge >= 0.3 is 12.1 Å². The lowest BCUT2D eigenvalue weighted by atomic mass is 10.0. The Bertz CT molecular complexity index is 519. The van der Waals surface area contributed by atoms with Gasteiger partial charge < -0.3 is 14.9 Å². The molecule has 0 unspecified atom stereocenters. The molecule has 21 heavy (non-hydrogen) atoms. The number of aryl methyl sites for hydroxylation is 1. The predicted molar refractivity (Wildman–Crippen MR) is 78.7 cm³/mol. The fraction of sp³-hybridized carbons (Fsp3) is 0.467. The monoisotopic (exact) mass is 295 g/mol. The van der Waals surface area contributed by atoms with E-state index in [2.05, 4.69) is 5.32 Å². The quantitative estimate of drug-likeness (QED) is 0.776. The first-order valence-electron chi connectivity index (χ1n) is 6.70. The maximum absolute atomic E-state index is 11.7. The van der Waals surface area contributed by atoms with Crippen LogP contribution in [-0.2, 0) is 11.2 Å². The minimum Gasteiger partial charge on any atom is -0.478 e. The fourth-order valence-electron chi connectivity index (χ4n) is 1.78. The normalized spacial score (nSPS) is 11.0. The number of carboxylic acid groups (broad SMARTS) is 1.